The number of aromatic hydroxyl groups is 1. The number of phenolic OH excluding ortho intramolecular Hbond substituents is 1. The predicted molar refractivity (Wildman–Crippen MR) is 494 cm³/mol. The van der Waals surface area contributed by atoms with Gasteiger partial charge in [-0.1, -0.05) is 116 Å². The van der Waals surface area contributed by atoms with Crippen LogP contribution in [0.5, 0.6) is 5.75 Å². The smallest absolute Gasteiger partial charge is 0.246 e. The first kappa shape index (κ1) is 104. The Kier molecular flexibility index (Phi) is 38.2. The molecule has 20 N–H and O–H groups in total. The van der Waals surface area contributed by atoms with Crippen LogP contribution in [-0.4, -0.2) is 291 Å². The van der Waals surface area contributed by atoms with Gasteiger partial charge in [0.2, 0.25) is 106 Å². The third-order valence-corrected chi connectivity index (χ3v) is 24.6. The number of carbonyl (C=O) groups excluding carboxylic acids is 18. The van der Waals surface area contributed by atoms with Crippen molar-refractivity contribution < 1.29 is 91.4 Å². The SMILES string of the molecule is CCCC[C@H]1C(=O)N(C)[C@@H](CCCC)C(=O)NC(CC(C)C)C(=O)N[C@H](C(=O)NCC(N)=O)CNCC(=O)N[C@@H](Cc2ccc(O)cc2)C(=O)N(C)[C@@H](C)C(=O)N[C@@H](CC(N)=O)C(=O)N2CCC[C@H]2C(=O)N[C@@H](CC2=CN=CC2)C(=O)N[C@@H](CC(C)C)C(=O)N2CCC[C@H]2C(=O)N[C@@H](Cc2c[nH]c3ccccc23)C(=O)N[C@@H](CC(N)=O)C(=O)N[C@@H](Cc2c[nH]c3ccccc23)C(=O)N1C. The highest BCUT2D eigenvalue weighted by Gasteiger charge is 2.46. The number of fused-ring (bicyclic) bond motifs is 4. The molecule has 3 saturated heterocycles. The minimum absolute atomic E-state index is 0.000172. The zero-order chi connectivity index (χ0) is 97.9. The number of likely N-dealkylation sites (N-methyl/N-ethyl adjacent to an activating group) is 3. The van der Waals surface area contributed by atoms with Crippen LogP contribution in [0.2, 0.25) is 0 Å². The molecule has 726 valence electrons. The Morgan fingerprint density at radius 2 is 0.948 bits per heavy atom. The maximum atomic E-state index is 15.8. The van der Waals surface area contributed by atoms with Gasteiger partial charge in [-0.05, 0) is 123 Å². The highest BCUT2D eigenvalue weighted by molar-refractivity contribution is 6.03. The average molecular weight is 1860 g/mol. The number of para-hydroxylation sites is 2. The number of carbonyl (C=O) groups is 18. The van der Waals surface area contributed by atoms with Crippen molar-refractivity contribution in [1.29, 1.82) is 0 Å². The lowest BCUT2D eigenvalue weighted by molar-refractivity contribution is -0.149. The molecule has 2 aromatic heterocycles. The zero-order valence-corrected chi connectivity index (χ0v) is 77.7. The molecule has 9 rings (SSSR count). The van der Waals surface area contributed by atoms with Gasteiger partial charge in [0, 0.05) is 113 Å². The maximum Gasteiger partial charge on any atom is 0.246 e. The number of nitrogens with zero attached hydrogens (tertiary/aromatic N) is 6. The zero-order valence-electron chi connectivity index (χ0n) is 77.7. The van der Waals surface area contributed by atoms with Crippen LogP contribution in [0.4, 0.5) is 0 Å². The van der Waals surface area contributed by atoms with E-state index in [1.807, 2.05) is 13.8 Å². The van der Waals surface area contributed by atoms with Crippen molar-refractivity contribution in [3.8, 4) is 5.75 Å². The summed E-state index contributed by atoms with van der Waals surface area (Å²) in [6.07, 6.45) is 6.26. The van der Waals surface area contributed by atoms with Gasteiger partial charge in [0.25, 0.3) is 0 Å². The van der Waals surface area contributed by atoms with Gasteiger partial charge in [-0.3, -0.25) is 91.3 Å². The van der Waals surface area contributed by atoms with Crippen molar-refractivity contribution in [1.82, 2.24) is 93.0 Å². The number of amides is 18. The van der Waals surface area contributed by atoms with Crippen molar-refractivity contribution >= 4 is 134 Å². The summed E-state index contributed by atoms with van der Waals surface area (Å²) in [4.78, 5) is 280. The summed E-state index contributed by atoms with van der Waals surface area (Å²) in [7, 11) is 3.96. The van der Waals surface area contributed by atoms with E-state index in [0.29, 0.717) is 69.8 Å². The fourth-order valence-electron chi connectivity index (χ4n) is 17.2. The number of primary amides is 3. The second-order valence-corrected chi connectivity index (χ2v) is 35.8. The number of nitrogens with two attached hydrogens (primary N) is 3. The summed E-state index contributed by atoms with van der Waals surface area (Å²) in [5, 5.41) is 41.1. The Morgan fingerprint density at radius 1 is 0.485 bits per heavy atom. The fourth-order valence-corrected chi connectivity index (χ4v) is 17.2. The number of nitrogens with one attached hydrogen (secondary N) is 13. The summed E-state index contributed by atoms with van der Waals surface area (Å²) in [5.74, 6) is -17.2. The van der Waals surface area contributed by atoms with Gasteiger partial charge >= 0.3 is 0 Å². The van der Waals surface area contributed by atoms with Crippen molar-refractivity contribution in [3.63, 3.8) is 0 Å². The van der Waals surface area contributed by atoms with E-state index in [1.54, 1.807) is 94.8 Å². The Balaban J connectivity index is 1.10. The number of aromatic nitrogens is 2. The van der Waals surface area contributed by atoms with Gasteiger partial charge in [0.15, 0.2) is 0 Å². The number of H-pyrrole nitrogens is 2. The van der Waals surface area contributed by atoms with Crippen LogP contribution in [0.15, 0.2) is 102 Å². The molecule has 4 aliphatic rings. The van der Waals surface area contributed by atoms with Crippen LogP contribution >= 0.6 is 0 Å². The second kappa shape index (κ2) is 49.2. The van der Waals surface area contributed by atoms with Gasteiger partial charge in [0.1, 0.15) is 90.3 Å². The van der Waals surface area contributed by atoms with Crippen molar-refractivity contribution in [3.05, 3.63) is 114 Å². The van der Waals surface area contributed by atoms with Crippen molar-refractivity contribution in [2.45, 2.75) is 255 Å². The Bertz CT molecular complexity index is 5160. The van der Waals surface area contributed by atoms with Crippen molar-refractivity contribution in [2.24, 2.45) is 34.0 Å². The van der Waals surface area contributed by atoms with Gasteiger partial charge in [0.05, 0.1) is 25.9 Å². The first-order valence-corrected chi connectivity index (χ1v) is 45.8. The first-order chi connectivity index (χ1) is 63.7. The molecule has 41 heteroatoms. The Labute approximate surface area is 777 Å². The molecule has 134 heavy (non-hydrogen) atoms. The number of unbranched alkanes of at least 4 members (excludes halogenated alkanes) is 2. The lowest BCUT2D eigenvalue weighted by Crippen LogP contribution is -2.61. The molecule has 3 aromatic carbocycles. The van der Waals surface area contributed by atoms with Gasteiger partial charge in [-0.2, -0.15) is 0 Å². The molecular formula is C93H130N22O19. The van der Waals surface area contributed by atoms with Crippen LogP contribution in [0.1, 0.15) is 168 Å². The van der Waals surface area contributed by atoms with E-state index in [4.69, 9.17) is 17.2 Å². The molecule has 1 unspecified atom stereocenters. The first-order valence-electron chi connectivity index (χ1n) is 45.8. The summed E-state index contributed by atoms with van der Waals surface area (Å²) in [6, 6.07) is -1.24. The molecule has 0 bridgehead atoms. The van der Waals surface area contributed by atoms with Gasteiger partial charge < -0.3 is 115 Å². The lowest BCUT2D eigenvalue weighted by Gasteiger charge is -2.36. The van der Waals surface area contributed by atoms with E-state index in [2.05, 4.69) is 73.4 Å². The number of phenols is 1. The molecular weight excluding hydrogens is 1730 g/mol. The molecule has 0 saturated carbocycles. The predicted octanol–water partition coefficient (Wildman–Crippen LogP) is -0.595. The number of hydrogen-bond acceptors (Lipinski definition) is 21. The van der Waals surface area contributed by atoms with E-state index < -0.39 is 223 Å². The van der Waals surface area contributed by atoms with Crippen LogP contribution < -0.4 is 75.7 Å². The monoisotopic (exact) mass is 1860 g/mol. The molecule has 4 aliphatic heterocycles. The van der Waals surface area contributed by atoms with E-state index in [-0.39, 0.29) is 114 Å². The summed E-state index contributed by atoms with van der Waals surface area (Å²) < 4.78 is 0. The molecule has 0 spiro atoms. The largest absolute Gasteiger partial charge is 0.508 e. The van der Waals surface area contributed by atoms with Crippen LogP contribution in [0.3, 0.4) is 0 Å². The topological polar surface area (TPSA) is 598 Å². The highest BCUT2D eigenvalue weighted by atomic mass is 16.3. The van der Waals surface area contributed by atoms with Gasteiger partial charge in [-0.15, -0.1) is 0 Å². The molecule has 6 heterocycles. The molecule has 14 atom stereocenters. The van der Waals surface area contributed by atoms with E-state index in [9.17, 15) is 53.1 Å². The van der Waals surface area contributed by atoms with Gasteiger partial charge in [-0.25, -0.2) is 0 Å². The van der Waals surface area contributed by atoms with Crippen LogP contribution in [0.25, 0.3) is 21.8 Å². The minimum Gasteiger partial charge on any atom is -0.508 e. The third-order valence-electron chi connectivity index (χ3n) is 24.6. The fraction of sp³-hybridized carbons (Fsp3) is 0.538. The molecule has 18 amide bonds. The van der Waals surface area contributed by atoms with Crippen molar-refractivity contribution in [2.75, 3.05) is 53.9 Å². The third kappa shape index (κ3) is 28.7. The Morgan fingerprint density at radius 3 is 1.49 bits per heavy atom. The molecule has 0 radical (unpaired) electrons. The number of aromatic amines is 2. The number of hydrogen-bond donors (Lipinski definition) is 17. The Hall–Kier alpha value is -13.6. The molecule has 3 fully saturated rings. The van der Waals surface area contributed by atoms with Crippen LogP contribution in [0, 0.1) is 11.8 Å². The quantitative estimate of drug-likeness (QED) is 0.0347. The maximum absolute atomic E-state index is 15.8. The number of benzene rings is 3. The normalized spacial score (nSPS) is 24.8. The van der Waals surface area contributed by atoms with Crippen LogP contribution in [-0.2, 0) is 106 Å². The second-order valence-electron chi connectivity index (χ2n) is 35.8. The molecule has 0 aliphatic carbocycles. The lowest BCUT2D eigenvalue weighted by atomic mass is 9.99. The summed E-state index contributed by atoms with van der Waals surface area (Å²) in [5.41, 5.74) is 20.4. The standard InChI is InChI=1S/C93H130N22O19/c1-11-13-25-72-86(127)104-63(37-51(3)4)82(123)110-71(81(122)101-49-78(96)119)48-98-50-79(120)102-68(39-54-29-31-58(116)32-30-54)89(130)111(8)53(7)80(121)107-70(44-77(95)118)92(133)115-36-20-27-73(115)87(128)105-64(40-55-33-34-97-45-55)83(124)108-67(38-52(5)6)91(132)114-35-19-28-74(114)88(129)106-65(41-56-46-99-61-23-17-15-21-59(56)61)84(125)103-66(43-76(94)117)85(126)109-69(42-57-47-100-62-24-18-16-22-60(57)62)90(131)113(10)75(26-14-12-2)93(134)112(72)9/h15-18,21-24,29-32,34,45-47,51-53,63-75,98-100,116H,11-14,19-20,25-28,33,35-44,48-50H2,1-10H3,(H2,94,117)(H2,95,118)(H2,96,119)(H,101,122)(H,102,120)(H,103,125)(H,104,127)(H,105,128)(H,106,129)(H,107,121)(H,108,124)(H,109,126)(H,110,123)/t53-,63?,64-,65-,66-,67-,68-,69-,70-,71-,72-,73-,74-,75-/m0/s1. The summed E-state index contributed by atoms with van der Waals surface area (Å²) in [6.45, 7) is 10.1. The van der Waals surface area contributed by atoms with E-state index in [1.165, 1.54) is 68.3 Å². The number of rotatable bonds is 25. The number of aliphatic imine (C=N–C) groups is 1. The minimum atomic E-state index is -1.87. The summed E-state index contributed by atoms with van der Waals surface area (Å²) >= 11 is 0. The average Bonchev–Trinajstić information content (AvgIpc) is 1.60. The van der Waals surface area contributed by atoms with E-state index >= 15 is 38.4 Å². The highest BCUT2D eigenvalue weighted by Crippen LogP contribution is 2.29. The van der Waals surface area contributed by atoms with E-state index in [0.717, 1.165) is 14.7 Å². The molecule has 5 aromatic rings. The molecule has 41 nitrogen and oxygen atoms in total.